The highest BCUT2D eigenvalue weighted by molar-refractivity contribution is 5.91. The number of amides is 1. The van der Waals surface area contributed by atoms with Crippen LogP contribution in [0.15, 0.2) is 18.7 Å². The maximum absolute atomic E-state index is 11.6. The molecule has 1 fully saturated rings. The van der Waals surface area contributed by atoms with Crippen LogP contribution in [0.2, 0.25) is 0 Å². The molecule has 1 saturated carbocycles. The first-order valence-electron chi connectivity index (χ1n) is 5.02. The molecule has 3 N–H and O–H groups in total. The maximum Gasteiger partial charge on any atom is 0.226 e. The van der Waals surface area contributed by atoms with Gasteiger partial charge in [-0.05, 0) is 19.3 Å². The van der Waals surface area contributed by atoms with Gasteiger partial charge in [-0.3, -0.25) is 4.79 Å². The lowest BCUT2D eigenvalue weighted by Crippen LogP contribution is -2.48. The molecule has 0 atom stereocenters. The van der Waals surface area contributed by atoms with E-state index in [-0.39, 0.29) is 11.4 Å². The predicted molar refractivity (Wildman–Crippen MR) is 56.0 cm³/mol. The highest BCUT2D eigenvalue weighted by Crippen LogP contribution is 2.32. The van der Waals surface area contributed by atoms with Crippen molar-refractivity contribution in [2.45, 2.75) is 31.2 Å². The number of nitrogens with zero attached hydrogens (tertiary/aromatic N) is 2. The molecule has 1 heterocycles. The monoisotopic (exact) mass is 206 g/mol. The molecule has 0 unspecified atom stereocenters. The smallest absolute Gasteiger partial charge is 0.226 e. The number of carbonyl (C=O) groups is 1. The summed E-state index contributed by atoms with van der Waals surface area (Å²) in [5, 5.41) is 2.72. The van der Waals surface area contributed by atoms with E-state index in [1.165, 1.54) is 6.33 Å². The highest BCUT2D eigenvalue weighted by atomic mass is 16.1. The molecule has 80 valence electrons. The van der Waals surface area contributed by atoms with Crippen molar-refractivity contribution in [2.75, 3.05) is 5.32 Å². The van der Waals surface area contributed by atoms with Gasteiger partial charge in [0.15, 0.2) is 0 Å². The summed E-state index contributed by atoms with van der Waals surface area (Å²) in [4.78, 5) is 19.2. The standard InChI is InChI=1S/C10H14N4O/c11-10(2-1-3-10)4-9(15)14-8-5-12-7-13-6-8/h5-7H,1-4,11H2,(H,14,15). The van der Waals surface area contributed by atoms with Gasteiger partial charge >= 0.3 is 0 Å². The Morgan fingerprint density at radius 2 is 2.13 bits per heavy atom. The van der Waals surface area contributed by atoms with Gasteiger partial charge in [0.1, 0.15) is 6.33 Å². The van der Waals surface area contributed by atoms with Crippen LogP contribution in [-0.2, 0) is 4.79 Å². The molecule has 0 bridgehead atoms. The number of aromatic nitrogens is 2. The van der Waals surface area contributed by atoms with Gasteiger partial charge in [0.2, 0.25) is 5.91 Å². The second kappa shape index (κ2) is 3.94. The summed E-state index contributed by atoms with van der Waals surface area (Å²) < 4.78 is 0. The first kappa shape index (κ1) is 10.0. The minimum absolute atomic E-state index is 0.0630. The molecule has 5 heteroatoms. The second-order valence-corrected chi connectivity index (χ2v) is 4.07. The SMILES string of the molecule is NC1(CC(=O)Nc2cncnc2)CCC1. The molecule has 2 rings (SSSR count). The minimum Gasteiger partial charge on any atom is -0.325 e. The Labute approximate surface area is 88.1 Å². The number of carbonyl (C=O) groups excluding carboxylic acids is 1. The first-order chi connectivity index (χ1) is 7.18. The molecule has 0 aliphatic heterocycles. The summed E-state index contributed by atoms with van der Waals surface area (Å²) in [6.07, 6.45) is 7.92. The van der Waals surface area contributed by atoms with Crippen LogP contribution in [0.5, 0.6) is 0 Å². The molecule has 0 radical (unpaired) electrons. The molecule has 0 aromatic carbocycles. The molecule has 1 amide bonds. The third-order valence-electron chi connectivity index (χ3n) is 2.71. The zero-order valence-corrected chi connectivity index (χ0v) is 8.44. The largest absolute Gasteiger partial charge is 0.325 e. The molecular formula is C10H14N4O. The lowest BCUT2D eigenvalue weighted by atomic mass is 9.75. The third-order valence-corrected chi connectivity index (χ3v) is 2.71. The topological polar surface area (TPSA) is 80.9 Å². The van der Waals surface area contributed by atoms with E-state index in [9.17, 15) is 4.79 Å². The maximum atomic E-state index is 11.6. The van der Waals surface area contributed by atoms with Crippen molar-refractivity contribution < 1.29 is 4.79 Å². The van der Waals surface area contributed by atoms with E-state index in [1.807, 2.05) is 0 Å². The number of hydrogen-bond donors (Lipinski definition) is 2. The van der Waals surface area contributed by atoms with Gasteiger partial charge in [-0.1, -0.05) is 0 Å². The lowest BCUT2D eigenvalue weighted by molar-refractivity contribution is -0.118. The average molecular weight is 206 g/mol. The molecule has 1 aliphatic carbocycles. The first-order valence-corrected chi connectivity index (χ1v) is 5.02. The van der Waals surface area contributed by atoms with E-state index < -0.39 is 0 Å². The molecule has 1 aromatic rings. The lowest BCUT2D eigenvalue weighted by Gasteiger charge is -2.37. The molecular weight excluding hydrogens is 192 g/mol. The van der Waals surface area contributed by atoms with Gasteiger partial charge < -0.3 is 11.1 Å². The Kier molecular flexibility index (Phi) is 2.64. The summed E-state index contributed by atoms with van der Waals surface area (Å²) in [6.45, 7) is 0. The van der Waals surface area contributed by atoms with Crippen LogP contribution < -0.4 is 11.1 Å². The van der Waals surface area contributed by atoms with Gasteiger partial charge in [0.25, 0.3) is 0 Å². The van der Waals surface area contributed by atoms with Crippen molar-refractivity contribution in [1.82, 2.24) is 9.97 Å². The molecule has 0 spiro atoms. The van der Waals surface area contributed by atoms with Gasteiger partial charge in [-0.2, -0.15) is 0 Å². The van der Waals surface area contributed by atoms with Crippen LogP contribution in [0.1, 0.15) is 25.7 Å². The quantitative estimate of drug-likeness (QED) is 0.762. The number of nitrogens with one attached hydrogen (secondary N) is 1. The summed E-state index contributed by atoms with van der Waals surface area (Å²) in [5.41, 5.74) is 6.30. The van der Waals surface area contributed by atoms with Crippen molar-refractivity contribution in [3.8, 4) is 0 Å². The van der Waals surface area contributed by atoms with Crippen LogP contribution in [0.4, 0.5) is 5.69 Å². The fourth-order valence-corrected chi connectivity index (χ4v) is 1.70. The van der Waals surface area contributed by atoms with Crippen LogP contribution in [-0.4, -0.2) is 21.4 Å². The van der Waals surface area contributed by atoms with Crippen molar-refractivity contribution in [3.05, 3.63) is 18.7 Å². The molecule has 0 saturated heterocycles. The number of rotatable bonds is 3. The zero-order valence-electron chi connectivity index (χ0n) is 8.44. The Bertz CT molecular complexity index is 348. The average Bonchev–Trinajstić information content (AvgIpc) is 2.16. The van der Waals surface area contributed by atoms with E-state index in [0.717, 1.165) is 19.3 Å². The van der Waals surface area contributed by atoms with Gasteiger partial charge in [0, 0.05) is 12.0 Å². The van der Waals surface area contributed by atoms with Gasteiger partial charge in [0.05, 0.1) is 18.1 Å². The zero-order chi connectivity index (χ0) is 10.7. The summed E-state index contributed by atoms with van der Waals surface area (Å²) in [5.74, 6) is -0.0630. The second-order valence-electron chi connectivity index (χ2n) is 4.07. The van der Waals surface area contributed by atoms with Crippen molar-refractivity contribution in [2.24, 2.45) is 5.73 Å². The summed E-state index contributed by atoms with van der Waals surface area (Å²) >= 11 is 0. The van der Waals surface area contributed by atoms with Gasteiger partial charge in [-0.25, -0.2) is 9.97 Å². The number of anilines is 1. The molecule has 1 aromatic heterocycles. The minimum atomic E-state index is -0.278. The van der Waals surface area contributed by atoms with E-state index in [1.54, 1.807) is 12.4 Å². The Morgan fingerprint density at radius 1 is 1.47 bits per heavy atom. The van der Waals surface area contributed by atoms with E-state index >= 15 is 0 Å². The van der Waals surface area contributed by atoms with Crippen molar-refractivity contribution in [3.63, 3.8) is 0 Å². The van der Waals surface area contributed by atoms with Crippen molar-refractivity contribution in [1.29, 1.82) is 0 Å². The predicted octanol–water partition coefficient (Wildman–Crippen LogP) is 0.687. The summed E-state index contributed by atoms with van der Waals surface area (Å²) in [7, 11) is 0. The van der Waals surface area contributed by atoms with Crippen LogP contribution in [0, 0.1) is 0 Å². The fourth-order valence-electron chi connectivity index (χ4n) is 1.70. The summed E-state index contributed by atoms with van der Waals surface area (Å²) in [6, 6.07) is 0. The van der Waals surface area contributed by atoms with Gasteiger partial charge in [-0.15, -0.1) is 0 Å². The van der Waals surface area contributed by atoms with E-state index in [4.69, 9.17) is 5.73 Å². The van der Waals surface area contributed by atoms with Crippen molar-refractivity contribution >= 4 is 11.6 Å². The van der Waals surface area contributed by atoms with E-state index in [0.29, 0.717) is 12.1 Å². The normalized spacial score (nSPS) is 17.9. The molecule has 1 aliphatic rings. The molecule has 15 heavy (non-hydrogen) atoms. The Balaban J connectivity index is 1.87. The number of nitrogens with two attached hydrogens (primary N) is 1. The Hall–Kier alpha value is -1.49. The molecule has 5 nitrogen and oxygen atoms in total. The van der Waals surface area contributed by atoms with Crippen LogP contribution >= 0.6 is 0 Å². The van der Waals surface area contributed by atoms with Crippen LogP contribution in [0.3, 0.4) is 0 Å². The van der Waals surface area contributed by atoms with E-state index in [2.05, 4.69) is 15.3 Å². The fraction of sp³-hybridized carbons (Fsp3) is 0.500. The van der Waals surface area contributed by atoms with Crippen LogP contribution in [0.25, 0.3) is 0 Å². The Morgan fingerprint density at radius 3 is 2.67 bits per heavy atom. The highest BCUT2D eigenvalue weighted by Gasteiger charge is 2.34. The third kappa shape index (κ3) is 2.50. The number of hydrogen-bond acceptors (Lipinski definition) is 4.